The van der Waals surface area contributed by atoms with E-state index in [0.717, 1.165) is 51.4 Å². The predicted octanol–water partition coefficient (Wildman–Crippen LogP) is 16.5. The van der Waals surface area contributed by atoms with Gasteiger partial charge in [0.1, 0.15) is 13.2 Å². The molecule has 6 nitrogen and oxygen atoms in total. The summed E-state index contributed by atoms with van der Waals surface area (Å²) in [6.07, 6.45) is 55.8. The van der Waals surface area contributed by atoms with Crippen LogP contribution < -0.4 is 0 Å². The molecular formula is C53H96O6. The van der Waals surface area contributed by atoms with Gasteiger partial charge >= 0.3 is 17.9 Å². The number of unbranched alkanes of at least 4 members (excludes halogenated alkanes) is 29. The molecule has 0 heterocycles. The first-order valence-corrected chi connectivity index (χ1v) is 25.5. The predicted molar refractivity (Wildman–Crippen MR) is 252 cm³/mol. The number of ether oxygens (including phenoxy) is 3. The molecule has 1 atom stereocenters. The fraction of sp³-hybridized carbons (Fsp3) is 0.830. The number of allylic oxidation sites excluding steroid dienone is 6. The minimum Gasteiger partial charge on any atom is -0.462 e. The van der Waals surface area contributed by atoms with Crippen LogP contribution in [0, 0.1) is 0 Å². The highest BCUT2D eigenvalue weighted by Gasteiger charge is 2.19. The van der Waals surface area contributed by atoms with E-state index in [2.05, 4.69) is 51.2 Å². The molecule has 0 rings (SSSR count). The molecule has 0 aliphatic heterocycles. The van der Waals surface area contributed by atoms with Crippen molar-refractivity contribution in [1.29, 1.82) is 0 Å². The van der Waals surface area contributed by atoms with Crippen molar-refractivity contribution >= 4 is 17.9 Å². The Morgan fingerprint density at radius 1 is 0.339 bits per heavy atom. The van der Waals surface area contributed by atoms with Gasteiger partial charge in [-0.15, -0.1) is 0 Å². The quantitative estimate of drug-likeness (QED) is 0.0263. The molecule has 0 aliphatic rings. The summed E-state index contributed by atoms with van der Waals surface area (Å²) < 4.78 is 16.7. The molecule has 0 bridgehead atoms. The first-order chi connectivity index (χ1) is 29.0. The van der Waals surface area contributed by atoms with Gasteiger partial charge in [-0.2, -0.15) is 0 Å². The van der Waals surface area contributed by atoms with Gasteiger partial charge in [0.15, 0.2) is 6.10 Å². The molecule has 0 spiro atoms. The van der Waals surface area contributed by atoms with Gasteiger partial charge in [0, 0.05) is 19.3 Å². The fourth-order valence-electron chi connectivity index (χ4n) is 7.25. The minimum absolute atomic E-state index is 0.0937. The van der Waals surface area contributed by atoms with Crippen molar-refractivity contribution in [3.05, 3.63) is 36.5 Å². The van der Waals surface area contributed by atoms with Crippen LogP contribution in [0.5, 0.6) is 0 Å². The van der Waals surface area contributed by atoms with Crippen LogP contribution in [-0.2, 0) is 28.6 Å². The number of rotatable bonds is 46. The average molecular weight is 829 g/mol. The second-order valence-electron chi connectivity index (χ2n) is 17.1. The maximum Gasteiger partial charge on any atom is 0.306 e. The maximum atomic E-state index is 12.7. The average Bonchev–Trinajstić information content (AvgIpc) is 3.23. The van der Waals surface area contributed by atoms with Gasteiger partial charge in [-0.1, -0.05) is 218 Å². The SMILES string of the molecule is CCCCCCCC/C=C\C/C=C\CCC(=O)OC(COC(=O)CCCCCCCCC/C=C\CCCCCCCCCC)COC(=O)CCCCCCCCCCC. The van der Waals surface area contributed by atoms with E-state index in [1.807, 2.05) is 6.08 Å². The van der Waals surface area contributed by atoms with E-state index >= 15 is 0 Å². The van der Waals surface area contributed by atoms with Crippen molar-refractivity contribution in [3.8, 4) is 0 Å². The third-order valence-corrected chi connectivity index (χ3v) is 11.1. The van der Waals surface area contributed by atoms with Gasteiger partial charge in [0.2, 0.25) is 0 Å². The molecule has 0 aromatic carbocycles. The molecule has 0 saturated carbocycles. The van der Waals surface area contributed by atoms with Crippen molar-refractivity contribution in [1.82, 2.24) is 0 Å². The zero-order valence-electron chi connectivity index (χ0n) is 39.3. The van der Waals surface area contributed by atoms with Crippen LogP contribution >= 0.6 is 0 Å². The molecule has 0 fully saturated rings. The summed E-state index contributed by atoms with van der Waals surface area (Å²) in [5.41, 5.74) is 0. The zero-order valence-corrected chi connectivity index (χ0v) is 39.3. The summed E-state index contributed by atoms with van der Waals surface area (Å²) in [6.45, 7) is 6.57. The minimum atomic E-state index is -0.799. The zero-order chi connectivity index (χ0) is 43.0. The third-order valence-electron chi connectivity index (χ3n) is 11.1. The van der Waals surface area contributed by atoms with Crippen LogP contribution in [0.4, 0.5) is 0 Å². The van der Waals surface area contributed by atoms with E-state index in [1.54, 1.807) is 0 Å². The molecule has 0 amide bonds. The molecular weight excluding hydrogens is 733 g/mol. The maximum absolute atomic E-state index is 12.7. The largest absolute Gasteiger partial charge is 0.462 e. The molecule has 59 heavy (non-hydrogen) atoms. The van der Waals surface area contributed by atoms with Crippen molar-refractivity contribution in [2.45, 2.75) is 271 Å². The lowest BCUT2D eigenvalue weighted by molar-refractivity contribution is -0.166. The molecule has 0 aromatic rings. The van der Waals surface area contributed by atoms with Crippen molar-refractivity contribution in [3.63, 3.8) is 0 Å². The molecule has 0 N–H and O–H groups in total. The second kappa shape index (κ2) is 48.3. The van der Waals surface area contributed by atoms with E-state index in [0.29, 0.717) is 19.3 Å². The van der Waals surface area contributed by atoms with Gasteiger partial charge in [0.05, 0.1) is 0 Å². The monoisotopic (exact) mass is 829 g/mol. The number of hydrogen-bond donors (Lipinski definition) is 0. The highest BCUT2D eigenvalue weighted by molar-refractivity contribution is 5.71. The summed E-state index contributed by atoms with van der Waals surface area (Å²) in [5.74, 6) is -0.962. The topological polar surface area (TPSA) is 78.9 Å². The second-order valence-corrected chi connectivity index (χ2v) is 17.1. The Kier molecular flexibility index (Phi) is 46.4. The van der Waals surface area contributed by atoms with E-state index in [9.17, 15) is 14.4 Å². The van der Waals surface area contributed by atoms with Crippen molar-refractivity contribution in [2.24, 2.45) is 0 Å². The number of carbonyl (C=O) groups excluding carboxylic acids is 3. The van der Waals surface area contributed by atoms with Crippen LogP contribution in [0.25, 0.3) is 0 Å². The molecule has 0 radical (unpaired) electrons. The molecule has 6 heteroatoms. The molecule has 0 saturated heterocycles. The molecule has 1 unspecified atom stereocenters. The van der Waals surface area contributed by atoms with E-state index < -0.39 is 6.10 Å². The summed E-state index contributed by atoms with van der Waals surface area (Å²) in [7, 11) is 0. The molecule has 0 aromatic heterocycles. The van der Waals surface area contributed by atoms with Gasteiger partial charge in [0.25, 0.3) is 0 Å². The number of esters is 3. The summed E-state index contributed by atoms with van der Waals surface area (Å²) in [5, 5.41) is 0. The lowest BCUT2D eigenvalue weighted by atomic mass is 10.1. The van der Waals surface area contributed by atoms with Crippen LogP contribution in [0.3, 0.4) is 0 Å². The van der Waals surface area contributed by atoms with Gasteiger partial charge in [-0.05, 0) is 64.2 Å². The standard InChI is InChI=1S/C53H96O6/c1-4-7-10-13-16-19-21-23-24-25-26-27-28-30-31-34-37-40-43-46-52(55)58-49-50(48-57-51(54)45-42-39-36-33-18-15-12-9-6-3)59-53(56)47-44-41-38-35-32-29-22-20-17-14-11-8-5-2/h25-26,29,32,38,41,50H,4-24,27-28,30-31,33-37,39-40,42-49H2,1-3H3/b26-25-,32-29-,41-38-. The lowest BCUT2D eigenvalue weighted by Gasteiger charge is -2.18. The Labute approximate surface area is 365 Å². The Morgan fingerprint density at radius 2 is 0.644 bits per heavy atom. The Balaban J connectivity index is 4.33. The molecule has 0 aliphatic carbocycles. The summed E-state index contributed by atoms with van der Waals surface area (Å²) in [6, 6.07) is 0. The lowest BCUT2D eigenvalue weighted by Crippen LogP contribution is -2.30. The first kappa shape index (κ1) is 56.6. The van der Waals surface area contributed by atoms with Crippen LogP contribution in [0.15, 0.2) is 36.5 Å². The van der Waals surface area contributed by atoms with Gasteiger partial charge in [-0.3, -0.25) is 14.4 Å². The van der Waals surface area contributed by atoms with Crippen LogP contribution in [0.2, 0.25) is 0 Å². The van der Waals surface area contributed by atoms with Gasteiger partial charge < -0.3 is 14.2 Å². The fourth-order valence-corrected chi connectivity index (χ4v) is 7.25. The van der Waals surface area contributed by atoms with E-state index in [4.69, 9.17) is 14.2 Å². The van der Waals surface area contributed by atoms with E-state index in [-0.39, 0.29) is 37.5 Å². The van der Waals surface area contributed by atoms with Crippen LogP contribution in [-0.4, -0.2) is 37.2 Å². The van der Waals surface area contributed by atoms with Gasteiger partial charge in [-0.25, -0.2) is 0 Å². The highest BCUT2D eigenvalue weighted by atomic mass is 16.6. The number of carbonyl (C=O) groups is 3. The normalized spacial score (nSPS) is 12.3. The smallest absolute Gasteiger partial charge is 0.306 e. The Bertz CT molecular complexity index is 1000. The summed E-state index contributed by atoms with van der Waals surface area (Å²) >= 11 is 0. The Morgan fingerprint density at radius 3 is 1.02 bits per heavy atom. The Hall–Kier alpha value is -2.37. The summed E-state index contributed by atoms with van der Waals surface area (Å²) in [4.78, 5) is 37.8. The van der Waals surface area contributed by atoms with Crippen molar-refractivity contribution in [2.75, 3.05) is 13.2 Å². The van der Waals surface area contributed by atoms with Crippen LogP contribution in [0.1, 0.15) is 265 Å². The third kappa shape index (κ3) is 46.5. The first-order valence-electron chi connectivity index (χ1n) is 25.5. The van der Waals surface area contributed by atoms with Crippen molar-refractivity contribution < 1.29 is 28.6 Å². The van der Waals surface area contributed by atoms with E-state index in [1.165, 1.54) is 167 Å². The highest BCUT2D eigenvalue weighted by Crippen LogP contribution is 2.14. The number of hydrogen-bond acceptors (Lipinski definition) is 6. The molecule has 344 valence electrons.